The van der Waals surface area contributed by atoms with Gasteiger partial charge in [-0.05, 0) is 23.8 Å². The lowest BCUT2D eigenvalue weighted by atomic mass is 10.1. The molecule has 1 aliphatic heterocycles. The molecule has 3 heterocycles. The van der Waals surface area contributed by atoms with Crippen molar-refractivity contribution >= 4 is 23.2 Å². The number of benzene rings is 1. The molecule has 122 valence electrons. The molecule has 1 aromatic carbocycles. The van der Waals surface area contributed by atoms with Crippen molar-refractivity contribution in [2.75, 3.05) is 26.3 Å². The number of halogens is 1. The van der Waals surface area contributed by atoms with Crippen LogP contribution in [0.4, 0.5) is 0 Å². The zero-order valence-corrected chi connectivity index (χ0v) is 13.5. The molecule has 7 nitrogen and oxygen atoms in total. The third kappa shape index (κ3) is 2.72. The molecular weight excluding hydrogens is 330 g/mol. The molecular formula is C16H14ClN5O2. The second-order valence-electron chi connectivity index (χ2n) is 5.45. The first-order chi connectivity index (χ1) is 11.7. The van der Waals surface area contributed by atoms with E-state index in [2.05, 4.69) is 15.3 Å². The van der Waals surface area contributed by atoms with E-state index in [-0.39, 0.29) is 5.91 Å². The summed E-state index contributed by atoms with van der Waals surface area (Å²) >= 11 is 5.96. The van der Waals surface area contributed by atoms with Gasteiger partial charge < -0.3 is 9.64 Å². The van der Waals surface area contributed by atoms with E-state index in [9.17, 15) is 4.79 Å². The van der Waals surface area contributed by atoms with E-state index in [0.29, 0.717) is 42.7 Å². The van der Waals surface area contributed by atoms with Crippen molar-refractivity contribution in [3.63, 3.8) is 0 Å². The highest BCUT2D eigenvalue weighted by Crippen LogP contribution is 2.25. The van der Waals surface area contributed by atoms with E-state index < -0.39 is 0 Å². The fraction of sp³-hybridized carbons (Fsp3) is 0.250. The van der Waals surface area contributed by atoms with Crippen molar-refractivity contribution < 1.29 is 9.53 Å². The van der Waals surface area contributed by atoms with Gasteiger partial charge in [0.2, 0.25) is 0 Å². The van der Waals surface area contributed by atoms with Crippen molar-refractivity contribution in [1.82, 2.24) is 24.7 Å². The van der Waals surface area contributed by atoms with Crippen LogP contribution in [0.15, 0.2) is 36.7 Å². The van der Waals surface area contributed by atoms with Crippen LogP contribution < -0.4 is 0 Å². The standard InChI is InChI=1S/C16H14ClN5O2/c17-12-3-1-11(2-4-12)13-9-14(20-22-10-18-19-15(13)22)16(23)21-5-7-24-8-6-21/h1-4,9-10H,5-8H2. The molecule has 1 saturated heterocycles. The summed E-state index contributed by atoms with van der Waals surface area (Å²) in [5.41, 5.74) is 2.64. The lowest BCUT2D eigenvalue weighted by molar-refractivity contribution is 0.0298. The molecule has 1 aliphatic rings. The quantitative estimate of drug-likeness (QED) is 0.710. The minimum absolute atomic E-state index is 0.121. The number of rotatable bonds is 2. The Morgan fingerprint density at radius 3 is 2.67 bits per heavy atom. The second-order valence-corrected chi connectivity index (χ2v) is 5.89. The molecule has 0 saturated carbocycles. The Hall–Kier alpha value is -2.51. The van der Waals surface area contributed by atoms with Crippen molar-refractivity contribution in [2.45, 2.75) is 0 Å². The van der Waals surface area contributed by atoms with Crippen molar-refractivity contribution in [3.05, 3.63) is 47.4 Å². The number of amides is 1. The molecule has 1 amide bonds. The van der Waals surface area contributed by atoms with Gasteiger partial charge in [0.1, 0.15) is 12.0 Å². The van der Waals surface area contributed by atoms with Gasteiger partial charge in [-0.2, -0.15) is 9.61 Å². The van der Waals surface area contributed by atoms with Crippen LogP contribution in [0.2, 0.25) is 5.02 Å². The third-order valence-electron chi connectivity index (χ3n) is 3.94. The zero-order valence-electron chi connectivity index (χ0n) is 12.7. The minimum Gasteiger partial charge on any atom is -0.378 e. The molecule has 1 fully saturated rings. The molecule has 0 bridgehead atoms. The Bertz CT molecular complexity index is 887. The summed E-state index contributed by atoms with van der Waals surface area (Å²) in [7, 11) is 0. The van der Waals surface area contributed by atoms with E-state index in [4.69, 9.17) is 16.3 Å². The zero-order chi connectivity index (χ0) is 16.5. The summed E-state index contributed by atoms with van der Waals surface area (Å²) in [6.45, 7) is 2.23. The van der Waals surface area contributed by atoms with E-state index in [1.54, 1.807) is 23.1 Å². The average Bonchev–Trinajstić information content (AvgIpc) is 3.10. The summed E-state index contributed by atoms with van der Waals surface area (Å²) in [6.07, 6.45) is 1.49. The third-order valence-corrected chi connectivity index (χ3v) is 4.19. The Morgan fingerprint density at radius 2 is 1.92 bits per heavy atom. The van der Waals surface area contributed by atoms with Crippen molar-refractivity contribution in [3.8, 4) is 11.1 Å². The monoisotopic (exact) mass is 343 g/mol. The number of hydrogen-bond acceptors (Lipinski definition) is 5. The van der Waals surface area contributed by atoms with Crippen LogP contribution in [-0.4, -0.2) is 56.9 Å². The Morgan fingerprint density at radius 1 is 1.17 bits per heavy atom. The lowest BCUT2D eigenvalue weighted by Gasteiger charge is -2.26. The smallest absolute Gasteiger partial charge is 0.274 e. The fourth-order valence-corrected chi connectivity index (χ4v) is 2.83. The molecule has 4 rings (SSSR count). The molecule has 2 aromatic heterocycles. The normalized spacial score (nSPS) is 15.0. The van der Waals surface area contributed by atoms with Gasteiger partial charge in [-0.1, -0.05) is 23.7 Å². The summed E-state index contributed by atoms with van der Waals surface area (Å²) in [5.74, 6) is -0.121. The van der Waals surface area contributed by atoms with Gasteiger partial charge in [-0.15, -0.1) is 10.2 Å². The Balaban J connectivity index is 1.80. The number of fused-ring (bicyclic) bond motifs is 1. The van der Waals surface area contributed by atoms with Crippen LogP contribution in [0.3, 0.4) is 0 Å². The van der Waals surface area contributed by atoms with Crippen molar-refractivity contribution in [1.29, 1.82) is 0 Å². The van der Waals surface area contributed by atoms with Gasteiger partial charge in [0.25, 0.3) is 5.91 Å². The highest BCUT2D eigenvalue weighted by atomic mass is 35.5. The number of hydrogen-bond donors (Lipinski definition) is 0. The van der Waals surface area contributed by atoms with Crippen LogP contribution in [-0.2, 0) is 4.74 Å². The van der Waals surface area contributed by atoms with Crippen LogP contribution >= 0.6 is 11.6 Å². The maximum absolute atomic E-state index is 12.7. The molecule has 8 heteroatoms. The summed E-state index contributed by atoms with van der Waals surface area (Å²) in [6, 6.07) is 9.12. The fourth-order valence-electron chi connectivity index (χ4n) is 2.70. The molecule has 24 heavy (non-hydrogen) atoms. The maximum Gasteiger partial charge on any atom is 0.274 e. The number of aromatic nitrogens is 4. The lowest BCUT2D eigenvalue weighted by Crippen LogP contribution is -2.41. The predicted octanol–water partition coefficient (Wildman–Crippen LogP) is 1.92. The highest BCUT2D eigenvalue weighted by molar-refractivity contribution is 6.30. The van der Waals surface area contributed by atoms with Crippen molar-refractivity contribution in [2.24, 2.45) is 0 Å². The van der Waals surface area contributed by atoms with E-state index >= 15 is 0 Å². The second kappa shape index (κ2) is 6.18. The highest BCUT2D eigenvalue weighted by Gasteiger charge is 2.22. The van der Waals surface area contributed by atoms with E-state index in [1.165, 1.54) is 10.8 Å². The summed E-state index contributed by atoms with van der Waals surface area (Å²) in [5, 5.41) is 13.0. The number of carbonyl (C=O) groups is 1. The van der Waals surface area contributed by atoms with Crippen LogP contribution in [0.5, 0.6) is 0 Å². The topological polar surface area (TPSA) is 72.6 Å². The SMILES string of the molecule is O=C(c1cc(-c2ccc(Cl)cc2)c2nncn2n1)N1CCOCC1. The average molecular weight is 344 g/mol. The van der Waals surface area contributed by atoms with Crippen LogP contribution in [0, 0.1) is 0 Å². The van der Waals surface area contributed by atoms with Gasteiger partial charge in [0.05, 0.1) is 13.2 Å². The van der Waals surface area contributed by atoms with Crippen LogP contribution in [0.1, 0.15) is 10.5 Å². The molecule has 3 aromatic rings. The molecule has 0 aliphatic carbocycles. The summed E-state index contributed by atoms with van der Waals surface area (Å²) < 4.78 is 6.82. The predicted molar refractivity (Wildman–Crippen MR) is 88.0 cm³/mol. The number of ether oxygens (including phenoxy) is 1. The van der Waals surface area contributed by atoms with Gasteiger partial charge >= 0.3 is 0 Å². The minimum atomic E-state index is -0.121. The number of nitrogens with zero attached hydrogens (tertiary/aromatic N) is 5. The number of carbonyl (C=O) groups excluding carboxylic acids is 1. The van der Waals surface area contributed by atoms with Gasteiger partial charge in [-0.25, -0.2) is 0 Å². The van der Waals surface area contributed by atoms with Crippen LogP contribution in [0.25, 0.3) is 16.8 Å². The molecule has 0 unspecified atom stereocenters. The first-order valence-corrected chi connectivity index (χ1v) is 7.94. The Labute approximate surface area is 142 Å². The molecule has 0 atom stereocenters. The largest absolute Gasteiger partial charge is 0.378 e. The maximum atomic E-state index is 12.7. The molecule has 0 spiro atoms. The van der Waals surface area contributed by atoms with Gasteiger partial charge in [-0.3, -0.25) is 4.79 Å². The first-order valence-electron chi connectivity index (χ1n) is 7.56. The summed E-state index contributed by atoms with van der Waals surface area (Å²) in [4.78, 5) is 14.5. The number of morpholine rings is 1. The Kier molecular flexibility index (Phi) is 3.87. The molecule has 0 radical (unpaired) electrons. The van der Waals surface area contributed by atoms with E-state index in [0.717, 1.165) is 11.1 Å². The van der Waals surface area contributed by atoms with Gasteiger partial charge in [0.15, 0.2) is 5.65 Å². The first kappa shape index (κ1) is 15.0. The van der Waals surface area contributed by atoms with E-state index in [1.807, 2.05) is 12.1 Å². The molecule has 0 N–H and O–H groups in total. The van der Waals surface area contributed by atoms with Gasteiger partial charge in [0, 0.05) is 23.7 Å².